The van der Waals surface area contributed by atoms with Crippen LogP contribution < -0.4 is 10.1 Å². The van der Waals surface area contributed by atoms with Crippen molar-refractivity contribution in [3.8, 4) is 11.8 Å². The minimum Gasteiger partial charge on any atom is -0.492 e. The fraction of sp³-hybridized carbons (Fsp3) is 0.364. The van der Waals surface area contributed by atoms with Gasteiger partial charge in [-0.15, -0.1) is 0 Å². The van der Waals surface area contributed by atoms with E-state index in [1.807, 2.05) is 6.92 Å². The molecule has 0 unspecified atom stereocenters. The van der Waals surface area contributed by atoms with Crippen LogP contribution in [0.25, 0.3) is 0 Å². The summed E-state index contributed by atoms with van der Waals surface area (Å²) in [5, 5.41) is 22.5. The molecule has 6 nitrogen and oxygen atoms in total. The maximum absolute atomic E-state index is 10.6. The second-order valence-electron chi connectivity index (χ2n) is 3.25. The molecule has 0 aliphatic carbocycles. The Morgan fingerprint density at radius 3 is 2.94 bits per heavy atom. The highest BCUT2D eigenvalue weighted by molar-refractivity contribution is 5.52. The molecule has 6 heteroatoms. The third-order valence-corrected chi connectivity index (χ3v) is 2.08. The minimum absolute atomic E-state index is 0.0101. The summed E-state index contributed by atoms with van der Waals surface area (Å²) in [7, 11) is 0. The lowest BCUT2D eigenvalue weighted by molar-refractivity contribution is -0.385. The molecule has 0 saturated heterocycles. The van der Waals surface area contributed by atoms with Gasteiger partial charge in [-0.25, -0.2) is 0 Å². The van der Waals surface area contributed by atoms with Crippen molar-refractivity contribution in [2.45, 2.75) is 6.92 Å². The molecule has 0 fully saturated rings. The van der Waals surface area contributed by atoms with Gasteiger partial charge in [0.15, 0.2) is 0 Å². The van der Waals surface area contributed by atoms with Gasteiger partial charge in [0.05, 0.1) is 4.92 Å². The van der Waals surface area contributed by atoms with Crippen LogP contribution >= 0.6 is 0 Å². The van der Waals surface area contributed by atoms with E-state index in [1.54, 1.807) is 6.07 Å². The van der Waals surface area contributed by atoms with E-state index in [4.69, 9.17) is 10.00 Å². The van der Waals surface area contributed by atoms with E-state index in [2.05, 4.69) is 5.32 Å². The minimum atomic E-state index is -0.582. The normalized spacial score (nSPS) is 9.65. The quantitative estimate of drug-likeness (QED) is 0.458. The van der Waals surface area contributed by atoms with E-state index in [0.29, 0.717) is 18.9 Å². The second-order valence-corrected chi connectivity index (χ2v) is 3.25. The molecular formula is C11H13N3O3. The number of nitro groups is 1. The molecule has 0 heterocycles. The number of hydrogen-bond acceptors (Lipinski definition) is 5. The number of nitrogens with zero attached hydrogens (tertiary/aromatic N) is 2. The average Bonchev–Trinajstić information content (AvgIpc) is 2.34. The van der Waals surface area contributed by atoms with Crippen LogP contribution in [0.5, 0.6) is 5.75 Å². The fourth-order valence-corrected chi connectivity index (χ4v) is 1.27. The van der Waals surface area contributed by atoms with Gasteiger partial charge in [0.1, 0.15) is 24.0 Å². The first-order chi connectivity index (χ1) is 8.19. The lowest BCUT2D eigenvalue weighted by Crippen LogP contribution is -2.20. The zero-order valence-electron chi connectivity index (χ0n) is 9.47. The third kappa shape index (κ3) is 3.74. The van der Waals surface area contributed by atoms with Crippen LogP contribution in [0.15, 0.2) is 18.2 Å². The summed E-state index contributed by atoms with van der Waals surface area (Å²) in [5.41, 5.74) is -0.192. The van der Waals surface area contributed by atoms with Gasteiger partial charge in [0, 0.05) is 18.7 Å². The van der Waals surface area contributed by atoms with Crippen molar-refractivity contribution in [3.05, 3.63) is 33.9 Å². The van der Waals surface area contributed by atoms with Crippen LogP contribution in [0.1, 0.15) is 12.5 Å². The molecule has 0 spiro atoms. The van der Waals surface area contributed by atoms with Crippen molar-refractivity contribution in [1.29, 1.82) is 5.26 Å². The highest BCUT2D eigenvalue weighted by atomic mass is 16.6. The zero-order chi connectivity index (χ0) is 12.7. The van der Waals surface area contributed by atoms with E-state index in [-0.39, 0.29) is 11.3 Å². The average molecular weight is 235 g/mol. The Labute approximate surface area is 99.0 Å². The van der Waals surface area contributed by atoms with Crippen LogP contribution in [0, 0.1) is 21.4 Å². The smallest absolute Gasteiger partial charge is 0.287 e. The number of nitriles is 1. The second kappa shape index (κ2) is 6.45. The maximum atomic E-state index is 10.6. The molecule has 90 valence electrons. The highest BCUT2D eigenvalue weighted by Crippen LogP contribution is 2.23. The number of ether oxygens (including phenoxy) is 1. The van der Waals surface area contributed by atoms with Crippen molar-refractivity contribution in [2.24, 2.45) is 0 Å². The molecule has 17 heavy (non-hydrogen) atoms. The van der Waals surface area contributed by atoms with Crippen molar-refractivity contribution < 1.29 is 9.66 Å². The number of nitrogens with one attached hydrogen (secondary N) is 1. The first-order valence-electron chi connectivity index (χ1n) is 5.21. The largest absolute Gasteiger partial charge is 0.492 e. The van der Waals surface area contributed by atoms with Crippen LogP contribution in [0.3, 0.4) is 0 Å². The van der Waals surface area contributed by atoms with Gasteiger partial charge in [-0.1, -0.05) is 6.92 Å². The van der Waals surface area contributed by atoms with Crippen LogP contribution in [0.4, 0.5) is 5.69 Å². The number of nitro benzene ring substituents is 1. The molecule has 0 atom stereocenters. The Balaban J connectivity index is 2.70. The Morgan fingerprint density at radius 1 is 1.59 bits per heavy atom. The van der Waals surface area contributed by atoms with Crippen LogP contribution in [-0.4, -0.2) is 24.6 Å². The molecule has 1 aromatic carbocycles. The first-order valence-corrected chi connectivity index (χ1v) is 5.21. The lowest BCUT2D eigenvalue weighted by atomic mass is 10.2. The topological polar surface area (TPSA) is 88.2 Å². The molecule has 0 aliphatic heterocycles. The maximum Gasteiger partial charge on any atom is 0.287 e. The molecule has 0 aromatic heterocycles. The van der Waals surface area contributed by atoms with Crippen molar-refractivity contribution in [3.63, 3.8) is 0 Å². The van der Waals surface area contributed by atoms with Crippen LogP contribution in [-0.2, 0) is 0 Å². The van der Waals surface area contributed by atoms with Gasteiger partial charge < -0.3 is 10.1 Å². The number of rotatable bonds is 6. The van der Waals surface area contributed by atoms with Gasteiger partial charge >= 0.3 is 0 Å². The molecule has 0 radical (unpaired) electrons. The number of benzene rings is 1. The van der Waals surface area contributed by atoms with Gasteiger partial charge in [-0.2, -0.15) is 5.26 Å². The van der Waals surface area contributed by atoms with Gasteiger partial charge in [0.25, 0.3) is 5.69 Å². The van der Waals surface area contributed by atoms with E-state index in [9.17, 15) is 10.1 Å². The highest BCUT2D eigenvalue weighted by Gasteiger charge is 2.13. The summed E-state index contributed by atoms with van der Waals surface area (Å²) in [4.78, 5) is 10.0. The monoisotopic (exact) mass is 235 g/mol. The summed E-state index contributed by atoms with van der Waals surface area (Å²) in [6.07, 6.45) is 0. The predicted molar refractivity (Wildman–Crippen MR) is 61.9 cm³/mol. The Morgan fingerprint density at radius 2 is 2.35 bits per heavy atom. The molecule has 0 bridgehead atoms. The third-order valence-electron chi connectivity index (χ3n) is 2.08. The fourth-order valence-electron chi connectivity index (χ4n) is 1.27. The molecule has 0 saturated carbocycles. The summed E-state index contributed by atoms with van der Waals surface area (Å²) < 4.78 is 5.35. The van der Waals surface area contributed by atoms with Gasteiger partial charge in [-0.05, 0) is 12.6 Å². The van der Waals surface area contributed by atoms with Crippen LogP contribution in [0.2, 0.25) is 0 Å². The lowest BCUT2D eigenvalue weighted by Gasteiger charge is -2.06. The predicted octanol–water partition coefficient (Wildman–Crippen LogP) is 1.45. The molecule has 1 N–H and O–H groups in total. The SMILES string of the molecule is CCNCCOc1ccc([N+](=O)[O-])c(C#N)c1. The van der Waals surface area contributed by atoms with Gasteiger partial charge in [-0.3, -0.25) is 10.1 Å². The Bertz CT molecular complexity index is 440. The van der Waals surface area contributed by atoms with E-state index in [1.165, 1.54) is 18.2 Å². The van der Waals surface area contributed by atoms with Crippen molar-refractivity contribution in [1.82, 2.24) is 5.32 Å². The standard InChI is InChI=1S/C11H13N3O3/c1-2-13-5-6-17-10-3-4-11(14(15)16)9(7-10)8-12/h3-4,7,13H,2,5-6H2,1H3. The molecule has 1 aromatic rings. The molecular weight excluding hydrogens is 222 g/mol. The summed E-state index contributed by atoms with van der Waals surface area (Å²) in [5.74, 6) is 0.463. The molecule has 1 rings (SSSR count). The van der Waals surface area contributed by atoms with E-state index >= 15 is 0 Å². The molecule has 0 aliphatic rings. The van der Waals surface area contributed by atoms with Crippen molar-refractivity contribution >= 4 is 5.69 Å². The summed E-state index contributed by atoms with van der Waals surface area (Å²) in [6.45, 7) is 3.98. The number of likely N-dealkylation sites (N-methyl/N-ethyl adjacent to an activating group) is 1. The number of hydrogen-bond donors (Lipinski definition) is 1. The van der Waals surface area contributed by atoms with Gasteiger partial charge in [0.2, 0.25) is 0 Å². The summed E-state index contributed by atoms with van der Waals surface area (Å²) in [6, 6.07) is 5.93. The Hall–Kier alpha value is -2.13. The van der Waals surface area contributed by atoms with Crippen molar-refractivity contribution in [2.75, 3.05) is 19.7 Å². The Kier molecular flexibility index (Phi) is 4.91. The summed E-state index contributed by atoms with van der Waals surface area (Å²) >= 11 is 0. The van der Waals surface area contributed by atoms with E-state index in [0.717, 1.165) is 6.54 Å². The molecule has 0 amide bonds. The zero-order valence-corrected chi connectivity index (χ0v) is 9.47. The van der Waals surface area contributed by atoms with E-state index < -0.39 is 4.92 Å². The first kappa shape index (κ1) is 12.9.